The van der Waals surface area contributed by atoms with E-state index >= 15 is 0 Å². The zero-order chi connectivity index (χ0) is 23.0. The van der Waals surface area contributed by atoms with Crippen molar-refractivity contribution >= 4 is 16.9 Å². The van der Waals surface area contributed by atoms with Gasteiger partial charge in [-0.05, 0) is 72.4 Å². The maximum absolute atomic E-state index is 11.0. The summed E-state index contributed by atoms with van der Waals surface area (Å²) >= 11 is 0. The third-order valence-corrected chi connectivity index (χ3v) is 5.78. The first-order chi connectivity index (χ1) is 16.1. The zero-order valence-electron chi connectivity index (χ0n) is 18.9. The van der Waals surface area contributed by atoms with E-state index < -0.39 is 5.97 Å². The van der Waals surface area contributed by atoms with Crippen LogP contribution in [0.15, 0.2) is 79.0 Å². The Bertz CT molecular complexity index is 1200. The SMILES string of the molecule is COCCOc1ccc(-n2cc(CCc3ccccc3)c3cc(CCC(=O)O)ccc32)cc1. The smallest absolute Gasteiger partial charge is 0.303 e. The number of aromatic nitrogens is 1. The second kappa shape index (κ2) is 10.8. The number of nitrogens with zero attached hydrogens (tertiary/aromatic N) is 1. The summed E-state index contributed by atoms with van der Waals surface area (Å²) in [6.45, 7) is 1.07. The van der Waals surface area contributed by atoms with Gasteiger partial charge in [-0.15, -0.1) is 0 Å². The number of methoxy groups -OCH3 is 1. The molecular formula is C28H29NO4. The average molecular weight is 444 g/mol. The fourth-order valence-electron chi connectivity index (χ4n) is 4.03. The van der Waals surface area contributed by atoms with Crippen molar-refractivity contribution in [3.8, 4) is 11.4 Å². The Hall–Kier alpha value is -3.57. The molecule has 0 fully saturated rings. The predicted molar refractivity (Wildman–Crippen MR) is 130 cm³/mol. The van der Waals surface area contributed by atoms with Crippen molar-refractivity contribution < 1.29 is 19.4 Å². The Morgan fingerprint density at radius 2 is 1.67 bits per heavy atom. The molecule has 4 rings (SSSR count). The second-order valence-corrected chi connectivity index (χ2v) is 8.09. The van der Waals surface area contributed by atoms with Crippen LogP contribution in [0.3, 0.4) is 0 Å². The second-order valence-electron chi connectivity index (χ2n) is 8.09. The highest BCUT2D eigenvalue weighted by Crippen LogP contribution is 2.28. The van der Waals surface area contributed by atoms with E-state index in [9.17, 15) is 4.79 Å². The van der Waals surface area contributed by atoms with Crippen LogP contribution in [-0.4, -0.2) is 36.0 Å². The van der Waals surface area contributed by atoms with Crippen LogP contribution in [0.1, 0.15) is 23.1 Å². The molecule has 0 saturated carbocycles. The standard InChI is InChI=1S/C28H29NO4/c1-32-17-18-33-25-13-11-24(12-14-25)29-20-23(10-7-21-5-3-2-4-6-21)26-19-22(8-15-27(26)29)9-16-28(30)31/h2-6,8,11-15,19-20H,7,9-10,16-18H2,1H3,(H,30,31). The molecule has 1 aromatic heterocycles. The van der Waals surface area contributed by atoms with E-state index in [0.717, 1.165) is 35.4 Å². The number of ether oxygens (including phenoxy) is 2. The molecule has 0 radical (unpaired) electrons. The summed E-state index contributed by atoms with van der Waals surface area (Å²) in [5.41, 5.74) is 5.78. The van der Waals surface area contributed by atoms with Crippen molar-refractivity contribution in [3.63, 3.8) is 0 Å². The lowest BCUT2D eigenvalue weighted by molar-refractivity contribution is -0.136. The topological polar surface area (TPSA) is 60.7 Å². The van der Waals surface area contributed by atoms with Gasteiger partial charge >= 0.3 is 5.97 Å². The summed E-state index contributed by atoms with van der Waals surface area (Å²) in [5, 5.41) is 10.3. The molecule has 1 heterocycles. The van der Waals surface area contributed by atoms with Crippen molar-refractivity contribution in [2.24, 2.45) is 0 Å². The molecule has 0 spiro atoms. The summed E-state index contributed by atoms with van der Waals surface area (Å²) in [6, 6.07) is 24.8. The molecule has 170 valence electrons. The van der Waals surface area contributed by atoms with Gasteiger partial charge in [0.15, 0.2) is 0 Å². The molecule has 5 heteroatoms. The Labute approximate surface area is 194 Å². The maximum atomic E-state index is 11.0. The molecule has 0 aliphatic carbocycles. The largest absolute Gasteiger partial charge is 0.491 e. The van der Waals surface area contributed by atoms with E-state index in [4.69, 9.17) is 14.6 Å². The Balaban J connectivity index is 1.64. The average Bonchev–Trinajstić information content (AvgIpc) is 3.20. The Morgan fingerprint density at radius 1 is 0.879 bits per heavy atom. The third-order valence-electron chi connectivity index (χ3n) is 5.78. The minimum absolute atomic E-state index is 0.135. The molecule has 1 N–H and O–H groups in total. The number of rotatable bonds is 11. The highest BCUT2D eigenvalue weighted by Gasteiger charge is 2.12. The fourth-order valence-corrected chi connectivity index (χ4v) is 4.03. The summed E-state index contributed by atoms with van der Waals surface area (Å²) in [5.74, 6) is 0.0392. The summed E-state index contributed by atoms with van der Waals surface area (Å²) < 4.78 is 12.9. The van der Waals surface area contributed by atoms with Gasteiger partial charge < -0.3 is 19.1 Å². The minimum atomic E-state index is -0.773. The van der Waals surface area contributed by atoms with Crippen molar-refractivity contribution in [1.82, 2.24) is 4.57 Å². The number of aryl methyl sites for hydroxylation is 3. The van der Waals surface area contributed by atoms with E-state index in [0.29, 0.717) is 19.6 Å². The zero-order valence-corrected chi connectivity index (χ0v) is 18.9. The van der Waals surface area contributed by atoms with E-state index in [1.165, 1.54) is 16.5 Å². The van der Waals surface area contributed by atoms with Gasteiger partial charge in [0.2, 0.25) is 0 Å². The van der Waals surface area contributed by atoms with Crippen molar-refractivity contribution in [1.29, 1.82) is 0 Å². The van der Waals surface area contributed by atoms with Crippen molar-refractivity contribution in [2.45, 2.75) is 25.7 Å². The van der Waals surface area contributed by atoms with Crippen LogP contribution >= 0.6 is 0 Å². The summed E-state index contributed by atoms with van der Waals surface area (Å²) in [4.78, 5) is 11.0. The van der Waals surface area contributed by atoms with E-state index in [1.807, 2.05) is 24.3 Å². The fraction of sp³-hybridized carbons (Fsp3) is 0.250. The van der Waals surface area contributed by atoms with Gasteiger partial charge in [-0.1, -0.05) is 36.4 Å². The molecule has 4 aromatic rings. The van der Waals surface area contributed by atoms with Crippen LogP contribution in [0.25, 0.3) is 16.6 Å². The van der Waals surface area contributed by atoms with E-state index in [-0.39, 0.29) is 6.42 Å². The van der Waals surface area contributed by atoms with Gasteiger partial charge in [0, 0.05) is 30.8 Å². The lowest BCUT2D eigenvalue weighted by Crippen LogP contribution is -2.04. The van der Waals surface area contributed by atoms with Crippen molar-refractivity contribution in [2.75, 3.05) is 20.3 Å². The highest BCUT2D eigenvalue weighted by atomic mass is 16.5. The first-order valence-corrected chi connectivity index (χ1v) is 11.2. The first-order valence-electron chi connectivity index (χ1n) is 11.2. The number of fused-ring (bicyclic) bond motifs is 1. The summed E-state index contributed by atoms with van der Waals surface area (Å²) in [6.07, 6.45) is 4.73. The quantitative estimate of drug-likeness (QED) is 0.313. The van der Waals surface area contributed by atoms with Gasteiger partial charge in [-0.3, -0.25) is 4.79 Å². The number of carboxylic acids is 1. The molecule has 0 unspecified atom stereocenters. The van der Waals surface area contributed by atoms with Crippen LogP contribution in [0.5, 0.6) is 5.75 Å². The van der Waals surface area contributed by atoms with E-state index in [2.05, 4.69) is 59.3 Å². The van der Waals surface area contributed by atoms with Crippen LogP contribution in [0.4, 0.5) is 0 Å². The molecule has 0 aliphatic heterocycles. The van der Waals surface area contributed by atoms with Gasteiger partial charge in [0.1, 0.15) is 12.4 Å². The molecule has 3 aromatic carbocycles. The van der Waals surface area contributed by atoms with Gasteiger partial charge in [0.25, 0.3) is 0 Å². The lowest BCUT2D eigenvalue weighted by Gasteiger charge is -2.09. The number of aliphatic carboxylic acids is 1. The number of carboxylic acid groups (broad SMARTS) is 1. The predicted octanol–water partition coefficient (Wildman–Crippen LogP) is 5.46. The molecule has 33 heavy (non-hydrogen) atoms. The number of benzene rings is 3. The van der Waals surface area contributed by atoms with Crippen LogP contribution in [-0.2, 0) is 28.8 Å². The Kier molecular flexibility index (Phi) is 7.43. The molecule has 0 saturated heterocycles. The molecule has 0 bridgehead atoms. The third kappa shape index (κ3) is 5.82. The molecule has 0 amide bonds. The Morgan fingerprint density at radius 3 is 2.39 bits per heavy atom. The molecule has 0 aliphatic rings. The molecule has 5 nitrogen and oxygen atoms in total. The van der Waals surface area contributed by atoms with Gasteiger partial charge in [-0.25, -0.2) is 0 Å². The van der Waals surface area contributed by atoms with Crippen LogP contribution in [0, 0.1) is 0 Å². The molecular weight excluding hydrogens is 414 g/mol. The van der Waals surface area contributed by atoms with Crippen LogP contribution in [0.2, 0.25) is 0 Å². The number of hydrogen-bond donors (Lipinski definition) is 1. The monoisotopic (exact) mass is 443 g/mol. The summed E-state index contributed by atoms with van der Waals surface area (Å²) in [7, 11) is 1.66. The molecule has 0 atom stereocenters. The van der Waals surface area contributed by atoms with Gasteiger partial charge in [0.05, 0.1) is 12.1 Å². The maximum Gasteiger partial charge on any atom is 0.303 e. The van der Waals surface area contributed by atoms with E-state index in [1.54, 1.807) is 7.11 Å². The number of hydrogen-bond acceptors (Lipinski definition) is 3. The number of carbonyl (C=O) groups is 1. The van der Waals surface area contributed by atoms with Crippen LogP contribution < -0.4 is 4.74 Å². The normalized spacial score (nSPS) is 11.1. The highest BCUT2D eigenvalue weighted by molar-refractivity contribution is 5.86. The minimum Gasteiger partial charge on any atom is -0.491 e. The van der Waals surface area contributed by atoms with Gasteiger partial charge in [-0.2, -0.15) is 0 Å². The first kappa shape index (κ1) is 22.6. The lowest BCUT2D eigenvalue weighted by atomic mass is 10.0. The van der Waals surface area contributed by atoms with Crippen molar-refractivity contribution in [3.05, 3.63) is 95.7 Å².